The van der Waals surface area contributed by atoms with Crippen LogP contribution in [0.25, 0.3) is 0 Å². The van der Waals surface area contributed by atoms with Crippen LogP contribution in [0.3, 0.4) is 0 Å². The van der Waals surface area contributed by atoms with Crippen molar-refractivity contribution in [3.05, 3.63) is 59.4 Å². The van der Waals surface area contributed by atoms with Crippen LogP contribution in [0, 0.1) is 5.92 Å². The Morgan fingerprint density at radius 3 is 2.15 bits per heavy atom. The molecule has 1 aromatic heterocycles. The second kappa shape index (κ2) is 8.30. The molecule has 12 heteroatoms. The highest BCUT2D eigenvalue weighted by atomic mass is 32.2. The first kappa shape index (κ1) is 25.0. The van der Waals surface area contributed by atoms with Gasteiger partial charge in [-0.2, -0.15) is 26.3 Å². The van der Waals surface area contributed by atoms with E-state index in [1.165, 1.54) is 13.8 Å². The summed E-state index contributed by atoms with van der Waals surface area (Å²) in [6, 6.07) is 3.68. The Hall–Kier alpha value is -2.63. The summed E-state index contributed by atoms with van der Waals surface area (Å²) in [4.78, 5) is 15.3. The summed E-state index contributed by atoms with van der Waals surface area (Å²) in [5.41, 5.74) is -2.44. The first-order chi connectivity index (χ1) is 15.0. The van der Waals surface area contributed by atoms with Crippen LogP contribution < -0.4 is 5.32 Å². The summed E-state index contributed by atoms with van der Waals surface area (Å²) in [5, 5.41) is 2.54. The maximum atomic E-state index is 13.1. The van der Waals surface area contributed by atoms with Crippen molar-refractivity contribution in [3.8, 4) is 0 Å². The number of benzene rings is 1. The van der Waals surface area contributed by atoms with E-state index in [4.69, 9.17) is 0 Å². The van der Waals surface area contributed by atoms with Gasteiger partial charge in [0.25, 0.3) is 5.91 Å². The minimum atomic E-state index is -4.69. The van der Waals surface area contributed by atoms with Gasteiger partial charge in [0.2, 0.25) is 0 Å². The fourth-order valence-corrected chi connectivity index (χ4v) is 5.43. The van der Waals surface area contributed by atoms with E-state index >= 15 is 0 Å². The molecule has 0 bridgehead atoms. The Balaban J connectivity index is 1.69. The molecule has 0 atom stereocenters. The molecule has 2 aromatic rings. The number of pyridine rings is 1. The fourth-order valence-electron chi connectivity index (χ4n) is 3.65. The number of sulfone groups is 1. The van der Waals surface area contributed by atoms with Crippen LogP contribution in [0.2, 0.25) is 0 Å². The summed E-state index contributed by atoms with van der Waals surface area (Å²) in [5.74, 6) is -1.27. The molecule has 1 fully saturated rings. The molecule has 0 spiro atoms. The monoisotopic (exact) mass is 494 g/mol. The van der Waals surface area contributed by atoms with Crippen molar-refractivity contribution >= 4 is 15.7 Å². The molecule has 33 heavy (non-hydrogen) atoms. The number of halogens is 6. The van der Waals surface area contributed by atoms with Crippen LogP contribution in [-0.4, -0.2) is 30.1 Å². The van der Waals surface area contributed by atoms with Crippen LogP contribution in [-0.2, 0) is 22.2 Å². The number of nitrogens with one attached hydrogen (secondary N) is 1. The summed E-state index contributed by atoms with van der Waals surface area (Å²) in [6.45, 7) is 2.81. The fraction of sp³-hybridized carbons (Fsp3) is 0.429. The van der Waals surface area contributed by atoms with E-state index in [0.717, 1.165) is 24.4 Å². The third-order valence-electron chi connectivity index (χ3n) is 5.95. The predicted molar refractivity (Wildman–Crippen MR) is 106 cm³/mol. The number of nitrogens with zero attached hydrogens (tertiary/aromatic N) is 1. The molecule has 1 heterocycles. The number of hydrogen-bond acceptors (Lipinski definition) is 4. The van der Waals surface area contributed by atoms with Crippen molar-refractivity contribution in [1.82, 2.24) is 10.3 Å². The summed E-state index contributed by atoms with van der Waals surface area (Å²) in [6.07, 6.45) is -7.38. The quantitative estimate of drug-likeness (QED) is 0.602. The Morgan fingerprint density at radius 2 is 1.58 bits per heavy atom. The summed E-state index contributed by atoms with van der Waals surface area (Å²) >= 11 is 0. The maximum Gasteiger partial charge on any atom is 0.417 e. The van der Waals surface area contributed by atoms with Crippen LogP contribution in [0.4, 0.5) is 26.3 Å². The third kappa shape index (κ3) is 4.99. The Kier molecular flexibility index (Phi) is 6.29. The SMILES string of the molecule is CC(C)([C@H]1C[C@H](NC(=O)c2cncc(C(F)(F)F)c2)C1)S(=O)(=O)c1cccc(C(F)(F)F)c1. The van der Waals surface area contributed by atoms with Crippen molar-refractivity contribution in [2.24, 2.45) is 5.92 Å². The largest absolute Gasteiger partial charge is 0.417 e. The van der Waals surface area contributed by atoms with E-state index < -0.39 is 60.8 Å². The summed E-state index contributed by atoms with van der Waals surface area (Å²) in [7, 11) is -4.16. The van der Waals surface area contributed by atoms with Gasteiger partial charge in [-0.1, -0.05) is 6.07 Å². The van der Waals surface area contributed by atoms with E-state index in [1.807, 2.05) is 0 Å². The normalized spacial score (nSPS) is 19.6. The van der Waals surface area contributed by atoms with E-state index in [0.29, 0.717) is 18.3 Å². The van der Waals surface area contributed by atoms with Crippen molar-refractivity contribution in [3.63, 3.8) is 0 Å². The molecular weight excluding hydrogens is 474 g/mol. The molecule has 5 nitrogen and oxygen atoms in total. The lowest BCUT2D eigenvalue weighted by Crippen LogP contribution is -2.53. The molecule has 0 aliphatic heterocycles. The van der Waals surface area contributed by atoms with Crippen molar-refractivity contribution in [1.29, 1.82) is 0 Å². The van der Waals surface area contributed by atoms with Gasteiger partial charge in [0.05, 0.1) is 26.3 Å². The van der Waals surface area contributed by atoms with Crippen LogP contribution in [0.15, 0.2) is 47.6 Å². The second-order valence-electron chi connectivity index (χ2n) is 8.43. The van der Waals surface area contributed by atoms with Gasteiger partial charge in [-0.15, -0.1) is 0 Å². The zero-order valence-electron chi connectivity index (χ0n) is 17.5. The van der Waals surface area contributed by atoms with E-state index in [2.05, 4.69) is 10.3 Å². The zero-order chi connectivity index (χ0) is 24.8. The minimum Gasteiger partial charge on any atom is -0.349 e. The lowest BCUT2D eigenvalue weighted by atomic mass is 9.73. The molecule has 1 saturated carbocycles. The third-order valence-corrected chi connectivity index (χ3v) is 8.54. The first-order valence-electron chi connectivity index (χ1n) is 9.78. The van der Waals surface area contributed by atoms with Crippen LogP contribution in [0.1, 0.15) is 48.2 Å². The van der Waals surface area contributed by atoms with E-state index in [9.17, 15) is 39.6 Å². The van der Waals surface area contributed by atoms with Gasteiger partial charge in [0.15, 0.2) is 9.84 Å². The van der Waals surface area contributed by atoms with Crippen LogP contribution in [0.5, 0.6) is 0 Å². The van der Waals surface area contributed by atoms with Gasteiger partial charge < -0.3 is 5.32 Å². The van der Waals surface area contributed by atoms with E-state index in [-0.39, 0.29) is 18.4 Å². The zero-order valence-corrected chi connectivity index (χ0v) is 18.3. The number of rotatable bonds is 5. The number of carbonyl (C=O) groups excluding carboxylic acids is 1. The molecule has 1 amide bonds. The van der Waals surface area contributed by atoms with E-state index in [1.54, 1.807) is 0 Å². The molecule has 1 aliphatic carbocycles. The molecule has 0 radical (unpaired) electrons. The first-order valence-corrected chi connectivity index (χ1v) is 11.3. The average molecular weight is 494 g/mol. The standard InChI is InChI=1S/C21H20F6N2O3S/c1-19(2,33(31,32)17-5-3-4-13(9-17)20(22,23)24)14-7-16(8-14)29-18(30)12-6-15(11-28-10-12)21(25,26)27/h3-6,9-11,14,16H,7-8H2,1-2H3,(H,29,30)/t14-,16-. The van der Waals surface area contributed by atoms with Gasteiger partial charge in [0, 0.05) is 18.4 Å². The highest BCUT2D eigenvalue weighted by molar-refractivity contribution is 7.92. The Labute approximate surface area is 186 Å². The average Bonchev–Trinajstić information content (AvgIpc) is 2.68. The topological polar surface area (TPSA) is 76.1 Å². The molecular formula is C21H20F6N2O3S. The predicted octanol–water partition coefficient (Wildman–Crippen LogP) is 4.88. The molecule has 0 saturated heterocycles. The number of hydrogen-bond donors (Lipinski definition) is 1. The molecule has 1 aliphatic rings. The number of alkyl halides is 6. The molecule has 180 valence electrons. The smallest absolute Gasteiger partial charge is 0.349 e. The lowest BCUT2D eigenvalue weighted by molar-refractivity contribution is -0.138. The van der Waals surface area contributed by atoms with Crippen LogP contribution >= 0.6 is 0 Å². The van der Waals surface area contributed by atoms with Gasteiger partial charge in [-0.05, 0) is 56.9 Å². The minimum absolute atomic E-state index is 0.198. The number of amides is 1. The van der Waals surface area contributed by atoms with Gasteiger partial charge in [0.1, 0.15) is 0 Å². The lowest BCUT2D eigenvalue weighted by Gasteiger charge is -2.45. The van der Waals surface area contributed by atoms with Crippen molar-refractivity contribution < 1.29 is 39.6 Å². The highest BCUT2D eigenvalue weighted by Gasteiger charge is 2.49. The number of carbonyl (C=O) groups is 1. The second-order valence-corrected chi connectivity index (χ2v) is 11.0. The van der Waals surface area contributed by atoms with Gasteiger partial charge in [-0.25, -0.2) is 8.42 Å². The van der Waals surface area contributed by atoms with Gasteiger partial charge >= 0.3 is 12.4 Å². The van der Waals surface area contributed by atoms with Crippen molar-refractivity contribution in [2.75, 3.05) is 0 Å². The van der Waals surface area contributed by atoms with Gasteiger partial charge in [-0.3, -0.25) is 9.78 Å². The summed E-state index contributed by atoms with van der Waals surface area (Å²) < 4.78 is 102. The van der Waals surface area contributed by atoms with Crippen molar-refractivity contribution in [2.45, 2.75) is 54.7 Å². The molecule has 1 N–H and O–H groups in total. The highest BCUT2D eigenvalue weighted by Crippen LogP contribution is 2.44. The number of aromatic nitrogens is 1. The Morgan fingerprint density at radius 1 is 0.970 bits per heavy atom. The Bertz CT molecular complexity index is 1150. The molecule has 0 unspecified atom stereocenters. The molecule has 3 rings (SSSR count). The maximum absolute atomic E-state index is 13.1. The molecule has 1 aromatic carbocycles.